The fraction of sp³-hybridized carbons (Fsp3) is 0.105. The van der Waals surface area contributed by atoms with Crippen molar-refractivity contribution in [3.63, 3.8) is 0 Å². The number of hydrogen-bond donors (Lipinski definition) is 1. The first kappa shape index (κ1) is 18.1. The van der Waals surface area contributed by atoms with Crippen molar-refractivity contribution in [2.24, 2.45) is 0 Å². The Balaban J connectivity index is 2.09. The zero-order chi connectivity index (χ0) is 19.6. The molecular formula is C19H15FN2O5. The summed E-state index contributed by atoms with van der Waals surface area (Å²) in [7, 11) is 2.90. The molecule has 0 atom stereocenters. The number of imide groups is 2. The van der Waals surface area contributed by atoms with E-state index in [0.29, 0.717) is 22.0 Å². The molecule has 2 aromatic carbocycles. The third-order valence-electron chi connectivity index (χ3n) is 3.93. The van der Waals surface area contributed by atoms with Crippen LogP contribution in [0.15, 0.2) is 48.0 Å². The predicted molar refractivity (Wildman–Crippen MR) is 94.9 cm³/mol. The van der Waals surface area contributed by atoms with E-state index in [-0.39, 0.29) is 11.3 Å². The molecule has 27 heavy (non-hydrogen) atoms. The minimum atomic E-state index is -1.02. The highest BCUT2D eigenvalue weighted by molar-refractivity contribution is 6.39. The van der Waals surface area contributed by atoms with E-state index in [4.69, 9.17) is 9.47 Å². The monoisotopic (exact) mass is 370 g/mol. The summed E-state index contributed by atoms with van der Waals surface area (Å²) in [6.45, 7) is 0. The van der Waals surface area contributed by atoms with Crippen molar-refractivity contribution in [2.45, 2.75) is 0 Å². The maximum Gasteiger partial charge on any atom is 0.336 e. The highest BCUT2D eigenvalue weighted by atomic mass is 19.1. The SMILES string of the molecule is COc1ccc(OC)c(/C=C2\C(=O)NC(=O)N(c3ccccc3F)C2=O)c1. The van der Waals surface area contributed by atoms with Gasteiger partial charge in [0.1, 0.15) is 22.9 Å². The molecule has 1 N–H and O–H groups in total. The number of halogens is 1. The number of anilines is 1. The van der Waals surface area contributed by atoms with Gasteiger partial charge in [-0.25, -0.2) is 14.1 Å². The highest BCUT2D eigenvalue weighted by Crippen LogP contribution is 2.29. The van der Waals surface area contributed by atoms with Crippen LogP contribution in [0.5, 0.6) is 11.5 Å². The molecular weight excluding hydrogens is 355 g/mol. The summed E-state index contributed by atoms with van der Waals surface area (Å²) in [4.78, 5) is 37.7. The van der Waals surface area contributed by atoms with E-state index < -0.39 is 23.7 Å². The Morgan fingerprint density at radius 2 is 1.78 bits per heavy atom. The molecule has 1 saturated heterocycles. The van der Waals surface area contributed by atoms with Gasteiger partial charge in [-0.1, -0.05) is 12.1 Å². The van der Waals surface area contributed by atoms with Crippen molar-refractivity contribution >= 4 is 29.6 Å². The van der Waals surface area contributed by atoms with Gasteiger partial charge >= 0.3 is 6.03 Å². The van der Waals surface area contributed by atoms with E-state index in [1.165, 1.54) is 38.5 Å². The van der Waals surface area contributed by atoms with Crippen LogP contribution in [0, 0.1) is 5.82 Å². The molecule has 0 radical (unpaired) electrons. The molecule has 0 spiro atoms. The number of nitrogens with one attached hydrogen (secondary N) is 1. The van der Waals surface area contributed by atoms with E-state index >= 15 is 0 Å². The summed E-state index contributed by atoms with van der Waals surface area (Å²) in [6, 6.07) is 9.08. The fourth-order valence-corrected chi connectivity index (χ4v) is 2.62. The molecule has 0 aromatic heterocycles. The summed E-state index contributed by atoms with van der Waals surface area (Å²) in [5.41, 5.74) is -0.210. The number of benzene rings is 2. The normalized spacial score (nSPS) is 15.7. The van der Waals surface area contributed by atoms with Gasteiger partial charge in [-0.3, -0.25) is 14.9 Å². The Morgan fingerprint density at radius 1 is 1.04 bits per heavy atom. The molecule has 0 saturated carbocycles. The Kier molecular flexibility index (Phi) is 4.89. The number of carbonyl (C=O) groups excluding carboxylic acids is 3. The van der Waals surface area contributed by atoms with Crippen LogP contribution in [-0.4, -0.2) is 32.1 Å². The lowest BCUT2D eigenvalue weighted by molar-refractivity contribution is -0.122. The molecule has 0 aliphatic carbocycles. The van der Waals surface area contributed by atoms with Crippen molar-refractivity contribution in [1.29, 1.82) is 0 Å². The Bertz CT molecular complexity index is 970. The summed E-state index contributed by atoms with van der Waals surface area (Å²) in [5.74, 6) is -1.73. The zero-order valence-electron chi connectivity index (χ0n) is 14.5. The summed E-state index contributed by atoms with van der Waals surface area (Å²) < 4.78 is 24.4. The molecule has 3 rings (SSSR count). The molecule has 138 valence electrons. The molecule has 4 amide bonds. The minimum Gasteiger partial charge on any atom is -0.497 e. The lowest BCUT2D eigenvalue weighted by Crippen LogP contribution is -2.54. The van der Waals surface area contributed by atoms with Crippen LogP contribution < -0.4 is 19.7 Å². The second-order valence-electron chi connectivity index (χ2n) is 5.52. The van der Waals surface area contributed by atoms with Crippen LogP contribution in [0.1, 0.15) is 5.56 Å². The van der Waals surface area contributed by atoms with Crippen molar-refractivity contribution < 1.29 is 28.2 Å². The van der Waals surface area contributed by atoms with Crippen LogP contribution in [0.2, 0.25) is 0 Å². The van der Waals surface area contributed by atoms with Crippen LogP contribution in [0.25, 0.3) is 6.08 Å². The van der Waals surface area contributed by atoms with Crippen molar-refractivity contribution in [3.8, 4) is 11.5 Å². The first-order valence-electron chi connectivity index (χ1n) is 7.84. The van der Waals surface area contributed by atoms with E-state index in [1.54, 1.807) is 18.2 Å². The first-order valence-corrected chi connectivity index (χ1v) is 7.84. The Morgan fingerprint density at radius 3 is 2.44 bits per heavy atom. The number of barbiturate groups is 1. The molecule has 0 unspecified atom stereocenters. The second kappa shape index (κ2) is 7.28. The smallest absolute Gasteiger partial charge is 0.336 e. The maximum absolute atomic E-state index is 14.1. The summed E-state index contributed by atoms with van der Waals surface area (Å²) >= 11 is 0. The number of carbonyl (C=O) groups is 3. The van der Waals surface area contributed by atoms with Gasteiger partial charge < -0.3 is 9.47 Å². The van der Waals surface area contributed by atoms with Gasteiger partial charge in [-0.05, 0) is 36.4 Å². The number of nitrogens with zero attached hydrogens (tertiary/aromatic N) is 1. The number of rotatable bonds is 4. The molecule has 0 bridgehead atoms. The van der Waals surface area contributed by atoms with Gasteiger partial charge in [0.2, 0.25) is 0 Å². The number of para-hydroxylation sites is 1. The minimum absolute atomic E-state index is 0.254. The largest absolute Gasteiger partial charge is 0.497 e. The number of amides is 4. The number of hydrogen-bond acceptors (Lipinski definition) is 5. The van der Waals surface area contributed by atoms with Crippen LogP contribution in [0.4, 0.5) is 14.9 Å². The van der Waals surface area contributed by atoms with E-state index in [0.717, 1.165) is 6.07 Å². The van der Waals surface area contributed by atoms with Crippen molar-refractivity contribution in [2.75, 3.05) is 19.1 Å². The van der Waals surface area contributed by atoms with Gasteiger partial charge in [0, 0.05) is 5.56 Å². The van der Waals surface area contributed by atoms with Gasteiger partial charge in [0.25, 0.3) is 11.8 Å². The lowest BCUT2D eigenvalue weighted by Gasteiger charge is -2.26. The van der Waals surface area contributed by atoms with Crippen LogP contribution in [-0.2, 0) is 9.59 Å². The second-order valence-corrected chi connectivity index (χ2v) is 5.52. The average Bonchev–Trinajstić information content (AvgIpc) is 2.66. The van der Waals surface area contributed by atoms with E-state index in [2.05, 4.69) is 0 Å². The number of urea groups is 1. The molecule has 1 aliphatic rings. The fourth-order valence-electron chi connectivity index (χ4n) is 2.62. The summed E-state index contributed by atoms with van der Waals surface area (Å²) in [6.07, 6.45) is 1.26. The quantitative estimate of drug-likeness (QED) is 0.660. The number of methoxy groups -OCH3 is 2. The van der Waals surface area contributed by atoms with Crippen LogP contribution >= 0.6 is 0 Å². The number of ether oxygens (including phenoxy) is 2. The lowest BCUT2D eigenvalue weighted by atomic mass is 10.1. The molecule has 8 heteroatoms. The maximum atomic E-state index is 14.1. The van der Waals surface area contributed by atoms with E-state index in [1.807, 2.05) is 5.32 Å². The topological polar surface area (TPSA) is 84.9 Å². The van der Waals surface area contributed by atoms with Gasteiger partial charge in [0.05, 0.1) is 19.9 Å². The molecule has 1 fully saturated rings. The first-order chi connectivity index (χ1) is 13.0. The third kappa shape index (κ3) is 3.37. The average molecular weight is 370 g/mol. The summed E-state index contributed by atoms with van der Waals surface area (Å²) in [5, 5.41) is 2.04. The Hall–Kier alpha value is -3.68. The zero-order valence-corrected chi connectivity index (χ0v) is 14.5. The van der Waals surface area contributed by atoms with Gasteiger partial charge in [-0.15, -0.1) is 0 Å². The molecule has 1 heterocycles. The van der Waals surface area contributed by atoms with E-state index in [9.17, 15) is 18.8 Å². The predicted octanol–water partition coefficient (Wildman–Crippen LogP) is 2.51. The molecule has 7 nitrogen and oxygen atoms in total. The molecule has 1 aliphatic heterocycles. The van der Waals surface area contributed by atoms with Crippen molar-refractivity contribution in [3.05, 3.63) is 59.4 Å². The Labute approximate surface area is 154 Å². The van der Waals surface area contributed by atoms with Gasteiger partial charge in [0.15, 0.2) is 0 Å². The standard InChI is InChI=1S/C19H15FN2O5/c1-26-12-7-8-16(27-2)11(9-12)10-13-17(23)21-19(25)22(18(13)24)15-6-4-3-5-14(15)20/h3-10H,1-2H3,(H,21,23,25)/b13-10+. The third-order valence-corrected chi connectivity index (χ3v) is 3.93. The highest BCUT2D eigenvalue weighted by Gasteiger charge is 2.38. The van der Waals surface area contributed by atoms with Crippen molar-refractivity contribution in [1.82, 2.24) is 5.32 Å². The van der Waals surface area contributed by atoms with Gasteiger partial charge in [-0.2, -0.15) is 0 Å². The van der Waals surface area contributed by atoms with Crippen LogP contribution in [0.3, 0.4) is 0 Å². The molecule has 2 aromatic rings.